The Kier molecular flexibility index (Phi) is 3.52. The summed E-state index contributed by atoms with van der Waals surface area (Å²) in [6, 6.07) is 0. The van der Waals surface area contributed by atoms with Crippen LogP contribution in [0.5, 0.6) is 0 Å². The van der Waals surface area contributed by atoms with E-state index in [1.807, 2.05) is 0 Å². The van der Waals surface area contributed by atoms with Gasteiger partial charge in [-0.15, -0.1) is 0 Å². The summed E-state index contributed by atoms with van der Waals surface area (Å²) >= 11 is 0. The minimum absolute atomic E-state index is 0.463. The highest BCUT2D eigenvalue weighted by atomic mass is 32.2. The normalized spacial score (nSPS) is 24.5. The first-order valence-corrected chi connectivity index (χ1v) is 6.12. The minimum atomic E-state index is -4.44. The third-order valence-corrected chi connectivity index (χ3v) is 3.83. The van der Waals surface area contributed by atoms with Crippen LogP contribution in [0.15, 0.2) is 0 Å². The van der Waals surface area contributed by atoms with Crippen LogP contribution in [0.3, 0.4) is 0 Å². The molecule has 0 radical (unpaired) electrons. The standard InChI is InChI=1S/C8H16O5S/c1-13-8(5-3-2-4-6-8)7(9)14(10,11)12/h7,9H,2-6H2,1H3,(H,10,11,12). The number of hydrogen-bond donors (Lipinski definition) is 2. The Morgan fingerprint density at radius 1 is 1.29 bits per heavy atom. The molecule has 1 aliphatic rings. The molecule has 1 aliphatic carbocycles. The van der Waals surface area contributed by atoms with E-state index in [1.54, 1.807) is 0 Å². The Balaban J connectivity index is 2.88. The third-order valence-electron chi connectivity index (χ3n) is 2.84. The highest BCUT2D eigenvalue weighted by Gasteiger charge is 2.45. The number of aliphatic hydroxyl groups excluding tert-OH is 1. The molecule has 2 N–H and O–H groups in total. The average molecular weight is 224 g/mol. The molecule has 1 fully saturated rings. The predicted octanol–water partition coefficient (Wildman–Crippen LogP) is 0.542. The zero-order chi connectivity index (χ0) is 10.8. The quantitative estimate of drug-likeness (QED) is 0.684. The molecule has 0 saturated heterocycles. The lowest BCUT2D eigenvalue weighted by atomic mass is 9.85. The van der Waals surface area contributed by atoms with E-state index in [0.29, 0.717) is 12.8 Å². The summed E-state index contributed by atoms with van der Waals surface area (Å²) in [5, 5.41) is 9.50. The number of rotatable bonds is 3. The SMILES string of the molecule is COC1(C(O)S(=O)(=O)O)CCCCC1. The lowest BCUT2D eigenvalue weighted by molar-refractivity contribution is -0.0945. The summed E-state index contributed by atoms with van der Waals surface area (Å²) < 4.78 is 35.5. The average Bonchev–Trinajstić information content (AvgIpc) is 2.16. The zero-order valence-corrected chi connectivity index (χ0v) is 8.96. The number of methoxy groups -OCH3 is 1. The van der Waals surface area contributed by atoms with Gasteiger partial charge in [0.15, 0.2) is 0 Å². The van der Waals surface area contributed by atoms with Crippen molar-refractivity contribution in [3.63, 3.8) is 0 Å². The monoisotopic (exact) mass is 224 g/mol. The minimum Gasteiger partial charge on any atom is -0.374 e. The Morgan fingerprint density at radius 3 is 2.14 bits per heavy atom. The van der Waals surface area contributed by atoms with Crippen molar-refractivity contribution in [2.24, 2.45) is 0 Å². The van der Waals surface area contributed by atoms with Gasteiger partial charge in [0.25, 0.3) is 10.1 Å². The van der Waals surface area contributed by atoms with Crippen LogP contribution in [-0.4, -0.2) is 36.2 Å². The van der Waals surface area contributed by atoms with E-state index in [1.165, 1.54) is 7.11 Å². The molecule has 0 bridgehead atoms. The Labute approximate surface area is 83.8 Å². The maximum absolute atomic E-state index is 10.8. The summed E-state index contributed by atoms with van der Waals surface area (Å²) in [6.45, 7) is 0. The molecule has 0 aromatic carbocycles. The van der Waals surface area contributed by atoms with Gasteiger partial charge in [0.2, 0.25) is 5.44 Å². The van der Waals surface area contributed by atoms with Crippen LogP contribution in [0, 0.1) is 0 Å². The van der Waals surface area contributed by atoms with Crippen molar-refractivity contribution in [3.05, 3.63) is 0 Å². The maximum Gasteiger partial charge on any atom is 0.295 e. The third kappa shape index (κ3) is 2.25. The molecule has 14 heavy (non-hydrogen) atoms. The fraction of sp³-hybridized carbons (Fsp3) is 1.00. The van der Waals surface area contributed by atoms with Crippen molar-refractivity contribution in [3.8, 4) is 0 Å². The molecule has 0 heterocycles. The summed E-state index contributed by atoms with van der Waals surface area (Å²) in [4.78, 5) is 0. The molecule has 0 aliphatic heterocycles. The van der Waals surface area contributed by atoms with Crippen molar-refractivity contribution in [2.45, 2.75) is 43.1 Å². The molecule has 0 amide bonds. The molecule has 0 aromatic rings. The summed E-state index contributed by atoms with van der Waals surface area (Å²) in [5.41, 5.74) is -2.95. The highest BCUT2D eigenvalue weighted by Crippen LogP contribution is 2.35. The van der Waals surface area contributed by atoms with E-state index in [2.05, 4.69) is 0 Å². The molecule has 1 saturated carbocycles. The van der Waals surface area contributed by atoms with Crippen LogP contribution in [0.2, 0.25) is 0 Å². The molecule has 1 atom stereocenters. The van der Waals surface area contributed by atoms with Gasteiger partial charge in [-0.2, -0.15) is 8.42 Å². The number of hydrogen-bond acceptors (Lipinski definition) is 4. The van der Waals surface area contributed by atoms with Crippen molar-refractivity contribution < 1.29 is 22.8 Å². The lowest BCUT2D eigenvalue weighted by Gasteiger charge is -2.37. The van der Waals surface area contributed by atoms with Crippen molar-refractivity contribution in [1.82, 2.24) is 0 Å². The molecule has 0 spiro atoms. The van der Waals surface area contributed by atoms with Crippen LogP contribution >= 0.6 is 0 Å². The second-order valence-electron chi connectivity index (χ2n) is 3.70. The second kappa shape index (κ2) is 4.14. The lowest BCUT2D eigenvalue weighted by Crippen LogP contribution is -2.49. The molecule has 84 valence electrons. The Bertz CT molecular complexity index is 278. The molecule has 0 aromatic heterocycles. The molecular formula is C8H16O5S. The van der Waals surface area contributed by atoms with Crippen LogP contribution in [-0.2, 0) is 14.9 Å². The van der Waals surface area contributed by atoms with Gasteiger partial charge >= 0.3 is 0 Å². The second-order valence-corrected chi connectivity index (χ2v) is 5.17. The van der Waals surface area contributed by atoms with Gasteiger partial charge in [0.05, 0.1) is 0 Å². The highest BCUT2D eigenvalue weighted by molar-refractivity contribution is 7.86. The summed E-state index contributed by atoms with van der Waals surface area (Å²) in [7, 11) is -3.08. The largest absolute Gasteiger partial charge is 0.374 e. The topological polar surface area (TPSA) is 83.8 Å². The first-order valence-electron chi connectivity index (χ1n) is 4.62. The van der Waals surface area contributed by atoms with E-state index in [4.69, 9.17) is 9.29 Å². The Hall–Kier alpha value is -0.170. The van der Waals surface area contributed by atoms with Crippen LogP contribution in [0.4, 0.5) is 0 Å². The fourth-order valence-electron chi connectivity index (χ4n) is 1.97. The first kappa shape index (κ1) is 11.9. The van der Waals surface area contributed by atoms with Crippen molar-refractivity contribution in [1.29, 1.82) is 0 Å². The molecule has 6 heteroatoms. The van der Waals surface area contributed by atoms with E-state index < -0.39 is 21.2 Å². The molecular weight excluding hydrogens is 208 g/mol. The first-order chi connectivity index (χ1) is 6.42. The van der Waals surface area contributed by atoms with E-state index in [9.17, 15) is 13.5 Å². The van der Waals surface area contributed by atoms with Crippen LogP contribution in [0.1, 0.15) is 32.1 Å². The van der Waals surface area contributed by atoms with Gasteiger partial charge in [-0.25, -0.2) is 0 Å². The summed E-state index contributed by atoms with van der Waals surface area (Å²) in [5.74, 6) is 0. The molecule has 1 unspecified atom stereocenters. The fourth-order valence-corrected chi connectivity index (χ4v) is 2.85. The Morgan fingerprint density at radius 2 is 1.79 bits per heavy atom. The predicted molar refractivity (Wildman–Crippen MR) is 50.4 cm³/mol. The molecule has 1 rings (SSSR count). The van der Waals surface area contributed by atoms with Crippen LogP contribution < -0.4 is 0 Å². The smallest absolute Gasteiger partial charge is 0.295 e. The van der Waals surface area contributed by atoms with Crippen molar-refractivity contribution in [2.75, 3.05) is 7.11 Å². The zero-order valence-electron chi connectivity index (χ0n) is 8.14. The van der Waals surface area contributed by atoms with Crippen molar-refractivity contribution >= 4 is 10.1 Å². The van der Waals surface area contributed by atoms with Gasteiger partial charge in [-0.1, -0.05) is 19.3 Å². The van der Waals surface area contributed by atoms with Crippen LogP contribution in [0.25, 0.3) is 0 Å². The van der Waals surface area contributed by atoms with Gasteiger partial charge in [0, 0.05) is 7.11 Å². The molecule has 5 nitrogen and oxygen atoms in total. The van der Waals surface area contributed by atoms with E-state index >= 15 is 0 Å². The maximum atomic E-state index is 10.8. The van der Waals surface area contributed by atoms with Gasteiger partial charge in [-0.3, -0.25) is 4.55 Å². The van der Waals surface area contributed by atoms with Gasteiger partial charge < -0.3 is 9.84 Å². The number of ether oxygens (including phenoxy) is 1. The number of aliphatic hydroxyl groups is 1. The van der Waals surface area contributed by atoms with E-state index in [0.717, 1.165) is 19.3 Å². The van der Waals surface area contributed by atoms with Gasteiger partial charge in [-0.05, 0) is 12.8 Å². The van der Waals surface area contributed by atoms with E-state index in [-0.39, 0.29) is 0 Å². The van der Waals surface area contributed by atoms with Gasteiger partial charge in [0.1, 0.15) is 5.60 Å². The summed E-state index contributed by atoms with van der Waals surface area (Å²) in [6.07, 6.45) is 3.54.